The Morgan fingerprint density at radius 1 is 1.24 bits per heavy atom. The first-order valence-electron chi connectivity index (χ1n) is 5.93. The molecule has 8 nitrogen and oxygen atoms in total. The lowest BCUT2D eigenvalue weighted by Gasteiger charge is -2.06. The number of oxazole rings is 1. The Morgan fingerprint density at radius 3 is 2.62 bits per heavy atom. The van der Waals surface area contributed by atoms with Gasteiger partial charge in [0, 0.05) is 24.0 Å². The van der Waals surface area contributed by atoms with Crippen molar-refractivity contribution in [2.45, 2.75) is 0 Å². The van der Waals surface area contributed by atoms with E-state index in [1.54, 1.807) is 24.5 Å². The van der Waals surface area contributed by atoms with Crippen LogP contribution in [-0.2, 0) is 0 Å². The van der Waals surface area contributed by atoms with Gasteiger partial charge in [0.1, 0.15) is 12.0 Å². The number of nitrogens with zero attached hydrogens (tertiary/aromatic N) is 4. The molecule has 3 aromatic rings. The third-order valence-electron chi connectivity index (χ3n) is 2.86. The van der Waals surface area contributed by atoms with E-state index in [-0.39, 0.29) is 22.3 Å². The summed E-state index contributed by atoms with van der Waals surface area (Å²) in [5, 5.41) is 9.10. The maximum atomic E-state index is 11.1. The summed E-state index contributed by atoms with van der Waals surface area (Å²) in [4.78, 5) is 22.9. The molecule has 0 aliphatic carbocycles. The van der Waals surface area contributed by atoms with E-state index >= 15 is 0 Å². The van der Waals surface area contributed by atoms with Gasteiger partial charge < -0.3 is 10.2 Å². The molecule has 0 spiro atoms. The Kier molecular flexibility index (Phi) is 3.03. The van der Waals surface area contributed by atoms with Gasteiger partial charge in [-0.1, -0.05) is 0 Å². The molecule has 3 N–H and O–H groups in total. The summed E-state index contributed by atoms with van der Waals surface area (Å²) in [5.74, 6) is 0.133. The minimum atomic E-state index is -0.327. The van der Waals surface area contributed by atoms with Gasteiger partial charge in [0.2, 0.25) is 11.7 Å². The van der Waals surface area contributed by atoms with Crippen molar-refractivity contribution in [2.75, 3.05) is 5.73 Å². The van der Waals surface area contributed by atoms with Crippen LogP contribution in [0, 0.1) is 4.91 Å². The van der Waals surface area contributed by atoms with E-state index in [2.05, 4.69) is 15.0 Å². The number of aromatic nitrogens is 3. The highest BCUT2D eigenvalue weighted by Gasteiger charge is 2.24. The monoisotopic (exact) mass is 284 g/mol. The van der Waals surface area contributed by atoms with Crippen LogP contribution in [-0.4, -0.2) is 25.1 Å². The number of pyridine rings is 2. The van der Waals surface area contributed by atoms with Crippen molar-refractivity contribution in [3.05, 3.63) is 48.0 Å². The van der Waals surface area contributed by atoms with Gasteiger partial charge in [-0.05, 0) is 17.7 Å². The van der Waals surface area contributed by atoms with Crippen LogP contribution in [0.4, 0.5) is 11.5 Å². The Balaban J connectivity index is 2.29. The third-order valence-corrected chi connectivity index (χ3v) is 2.86. The second kappa shape index (κ2) is 5.00. The van der Waals surface area contributed by atoms with Crippen LogP contribution >= 0.6 is 0 Å². The van der Waals surface area contributed by atoms with E-state index < -0.39 is 0 Å². The van der Waals surface area contributed by atoms with Crippen LogP contribution in [0.3, 0.4) is 0 Å². The molecular weight excluding hydrogens is 274 g/mol. The van der Waals surface area contributed by atoms with Crippen LogP contribution in [0.1, 0.15) is 0 Å². The van der Waals surface area contributed by atoms with Gasteiger partial charge in [-0.15, -0.1) is 0 Å². The number of nitrogen functional groups attached to an aromatic ring is 1. The Hall–Kier alpha value is -3.29. The van der Waals surface area contributed by atoms with Gasteiger partial charge in [-0.3, -0.25) is 4.98 Å². The van der Waals surface area contributed by atoms with Crippen LogP contribution in [0.2, 0.25) is 0 Å². The van der Waals surface area contributed by atoms with Gasteiger partial charge in [0.25, 0.3) is 4.92 Å². The van der Waals surface area contributed by atoms with Crippen molar-refractivity contribution in [3.8, 4) is 22.7 Å². The SMILES string of the molecule is Nc1nc(-c2ncco2)c(-c2ccncc2)cc1[N+](=O)O. The Morgan fingerprint density at radius 2 is 2.00 bits per heavy atom. The van der Waals surface area contributed by atoms with Crippen LogP contribution in [0.25, 0.3) is 22.7 Å². The first-order chi connectivity index (χ1) is 10.2. The lowest BCUT2D eigenvalue weighted by atomic mass is 10.0. The van der Waals surface area contributed by atoms with Crippen LogP contribution in [0.5, 0.6) is 0 Å². The second-order valence-corrected chi connectivity index (χ2v) is 4.13. The van der Waals surface area contributed by atoms with Crippen molar-refractivity contribution in [1.82, 2.24) is 15.0 Å². The van der Waals surface area contributed by atoms with E-state index in [4.69, 9.17) is 15.4 Å². The fourth-order valence-corrected chi connectivity index (χ4v) is 1.93. The molecule has 3 heterocycles. The van der Waals surface area contributed by atoms with Crippen molar-refractivity contribution in [3.63, 3.8) is 0 Å². The lowest BCUT2D eigenvalue weighted by molar-refractivity contribution is -0.729. The molecule has 8 heteroatoms. The Bertz CT molecular complexity index is 787. The highest BCUT2D eigenvalue weighted by molar-refractivity contribution is 5.81. The fourth-order valence-electron chi connectivity index (χ4n) is 1.93. The summed E-state index contributed by atoms with van der Waals surface area (Å²) >= 11 is 0. The molecule has 0 aliphatic rings. The molecule has 104 valence electrons. The standard InChI is InChI=1S/C13H10N5O3/c14-12-10(18(19)20)7-9(8-1-3-15-4-2-8)11(17-12)13-16-5-6-21-13/h1-7H,(H2,14,17)(H,19,20)/q+1. The molecular formula is C13H10N5O3+. The highest BCUT2D eigenvalue weighted by Crippen LogP contribution is 2.34. The molecule has 3 rings (SSSR count). The molecule has 0 atom stereocenters. The van der Waals surface area contributed by atoms with Crippen molar-refractivity contribution >= 4 is 11.5 Å². The molecule has 0 saturated heterocycles. The molecule has 3 aromatic heterocycles. The lowest BCUT2D eigenvalue weighted by Crippen LogP contribution is -2.03. The summed E-state index contributed by atoms with van der Waals surface area (Å²) in [6.45, 7) is 0. The number of nitrogens with two attached hydrogens (primary N) is 1. The smallest absolute Gasteiger partial charge is 0.358 e. The molecule has 0 amide bonds. The molecule has 0 saturated carbocycles. The van der Waals surface area contributed by atoms with E-state index in [0.717, 1.165) is 5.56 Å². The van der Waals surface area contributed by atoms with E-state index in [9.17, 15) is 4.91 Å². The fraction of sp³-hybridized carbons (Fsp3) is 0. The van der Waals surface area contributed by atoms with Crippen molar-refractivity contribution < 1.29 is 14.5 Å². The van der Waals surface area contributed by atoms with E-state index in [0.29, 0.717) is 11.3 Å². The van der Waals surface area contributed by atoms with Gasteiger partial charge in [-0.25, -0.2) is 15.2 Å². The average Bonchev–Trinajstić information content (AvgIpc) is 3.01. The summed E-state index contributed by atoms with van der Waals surface area (Å²) in [6.07, 6.45) is 6.07. The van der Waals surface area contributed by atoms with Crippen molar-refractivity contribution in [1.29, 1.82) is 0 Å². The summed E-state index contributed by atoms with van der Waals surface area (Å²) in [5.41, 5.74) is 7.17. The summed E-state index contributed by atoms with van der Waals surface area (Å²) in [6, 6.07) is 4.89. The van der Waals surface area contributed by atoms with Gasteiger partial charge in [0.05, 0.1) is 11.1 Å². The minimum absolute atomic E-state index is 0.126. The minimum Gasteiger partial charge on any atom is -0.443 e. The van der Waals surface area contributed by atoms with E-state index in [1.165, 1.54) is 18.5 Å². The van der Waals surface area contributed by atoms with Gasteiger partial charge in [-0.2, -0.15) is 0 Å². The largest absolute Gasteiger partial charge is 0.443 e. The number of anilines is 1. The number of hydrogen-bond acceptors (Lipinski definition) is 6. The molecule has 0 aliphatic heterocycles. The van der Waals surface area contributed by atoms with Gasteiger partial charge >= 0.3 is 5.69 Å². The zero-order valence-corrected chi connectivity index (χ0v) is 10.7. The normalized spacial score (nSPS) is 10.5. The zero-order valence-electron chi connectivity index (χ0n) is 10.7. The predicted octanol–water partition coefficient (Wildman–Crippen LogP) is 2.18. The number of hydrogen-bond donors (Lipinski definition) is 2. The first kappa shape index (κ1) is 12.7. The molecule has 0 bridgehead atoms. The van der Waals surface area contributed by atoms with E-state index in [1.807, 2.05) is 0 Å². The molecule has 21 heavy (non-hydrogen) atoms. The topological polar surface area (TPSA) is 118 Å². The summed E-state index contributed by atoms with van der Waals surface area (Å²) < 4.78 is 5.24. The van der Waals surface area contributed by atoms with Crippen LogP contribution < -0.4 is 5.73 Å². The van der Waals surface area contributed by atoms with Gasteiger partial charge in [0.15, 0.2) is 0 Å². The first-order valence-corrected chi connectivity index (χ1v) is 5.93. The molecule has 0 unspecified atom stereocenters. The maximum Gasteiger partial charge on any atom is 0.358 e. The predicted molar refractivity (Wildman–Crippen MR) is 72.5 cm³/mol. The molecule has 0 radical (unpaired) electrons. The third kappa shape index (κ3) is 2.29. The quantitative estimate of drug-likeness (QED) is 0.707. The van der Waals surface area contributed by atoms with Crippen LogP contribution in [0.15, 0.2) is 47.5 Å². The second-order valence-electron chi connectivity index (χ2n) is 4.13. The average molecular weight is 284 g/mol. The highest BCUT2D eigenvalue weighted by atomic mass is 16.6. The molecule has 0 fully saturated rings. The maximum absolute atomic E-state index is 11.1. The Labute approximate surface area is 118 Å². The number of rotatable bonds is 3. The molecule has 0 aromatic carbocycles. The summed E-state index contributed by atoms with van der Waals surface area (Å²) in [7, 11) is 0. The zero-order chi connectivity index (χ0) is 14.8. The van der Waals surface area contributed by atoms with Crippen molar-refractivity contribution in [2.24, 2.45) is 0 Å².